The summed E-state index contributed by atoms with van der Waals surface area (Å²) in [5.74, 6) is -2.23. The highest BCUT2D eigenvalue weighted by Crippen LogP contribution is 2.69. The molecular weight excluding hydrogens is 789 g/mol. The van der Waals surface area contributed by atoms with Gasteiger partial charge in [-0.15, -0.1) is 0 Å². The average molecular weight is 841 g/mol. The molecule has 4 N–H and O–H groups in total. The number of halogens is 2. The number of aliphatic hydroxyl groups excluding tert-OH is 2. The van der Waals surface area contributed by atoms with Crippen molar-refractivity contribution in [2.45, 2.75) is 99.6 Å². The van der Waals surface area contributed by atoms with Crippen LogP contribution in [0.2, 0.25) is 10.0 Å². The van der Waals surface area contributed by atoms with E-state index in [-0.39, 0.29) is 47.1 Å². The molecule has 0 bridgehead atoms. The molecule has 3 heterocycles. The Hall–Kier alpha value is -4.29. The molecule has 3 aliphatic heterocycles. The molecule has 2 spiro atoms. The maximum atomic E-state index is 15.9. The Kier molecular flexibility index (Phi) is 11.4. The summed E-state index contributed by atoms with van der Waals surface area (Å²) in [6.45, 7) is 4.53. The van der Waals surface area contributed by atoms with Crippen molar-refractivity contribution in [3.63, 3.8) is 0 Å². The van der Waals surface area contributed by atoms with E-state index < -0.39 is 47.1 Å². The first-order valence-corrected chi connectivity index (χ1v) is 21.2. The van der Waals surface area contributed by atoms with Crippen LogP contribution in [0.1, 0.15) is 103 Å². The minimum Gasteiger partial charge on any atom is -0.465 e. The fraction of sp³-hybridized carbons (Fsp3) is 0.426. The zero-order chi connectivity index (χ0) is 41.7. The quantitative estimate of drug-likeness (QED) is 0.125. The fourth-order valence-electron chi connectivity index (χ4n) is 10.7. The molecule has 8 rings (SSSR count). The van der Waals surface area contributed by atoms with Gasteiger partial charge in [0, 0.05) is 27.2 Å². The molecule has 7 atom stereocenters. The summed E-state index contributed by atoms with van der Waals surface area (Å²) in [5.41, 5.74) is 0.657. The van der Waals surface area contributed by atoms with E-state index in [4.69, 9.17) is 32.7 Å². The monoisotopic (exact) mass is 839 g/mol. The van der Waals surface area contributed by atoms with Gasteiger partial charge in [-0.3, -0.25) is 14.5 Å². The van der Waals surface area contributed by atoms with Crippen LogP contribution in [0.3, 0.4) is 0 Å². The third kappa shape index (κ3) is 7.15. The number of fused-ring (bicyclic) bond motifs is 3. The molecule has 2 amide bonds. The van der Waals surface area contributed by atoms with Crippen LogP contribution >= 0.6 is 23.2 Å². The molecule has 12 heteroatoms. The third-order valence-corrected chi connectivity index (χ3v) is 14.0. The van der Waals surface area contributed by atoms with Gasteiger partial charge in [0.25, 0.3) is 0 Å². The lowest BCUT2D eigenvalue weighted by molar-refractivity contribution is -0.138. The van der Waals surface area contributed by atoms with Crippen LogP contribution in [0.25, 0.3) is 0 Å². The first kappa shape index (κ1) is 41.4. The molecule has 4 aliphatic rings. The molecule has 2 saturated heterocycles. The lowest BCUT2D eigenvalue weighted by atomic mass is 9.53. The molecule has 4 aromatic rings. The van der Waals surface area contributed by atoms with E-state index in [1.807, 2.05) is 66.7 Å². The first-order chi connectivity index (χ1) is 28.3. The number of aliphatic hydroxyl groups is 2. The summed E-state index contributed by atoms with van der Waals surface area (Å²) >= 11 is 13.6. The van der Waals surface area contributed by atoms with Gasteiger partial charge < -0.3 is 30.3 Å². The molecule has 10 nitrogen and oxygen atoms in total. The Morgan fingerprint density at radius 3 is 2.22 bits per heavy atom. The van der Waals surface area contributed by atoms with E-state index in [1.54, 1.807) is 24.3 Å². The highest BCUT2D eigenvalue weighted by molar-refractivity contribution is 6.31. The van der Waals surface area contributed by atoms with Crippen molar-refractivity contribution in [1.82, 2.24) is 10.2 Å². The number of carbonyl (C=O) groups is 3. The molecule has 310 valence electrons. The number of carbonyl (C=O) groups excluding carboxylic acids is 3. The van der Waals surface area contributed by atoms with Crippen LogP contribution in [-0.4, -0.2) is 76.9 Å². The minimum atomic E-state index is -1.47. The predicted molar refractivity (Wildman–Crippen MR) is 226 cm³/mol. The van der Waals surface area contributed by atoms with Crippen molar-refractivity contribution in [3.8, 4) is 0 Å². The Morgan fingerprint density at radius 2 is 1.59 bits per heavy atom. The molecular formula is C47H51Cl2N3O7. The number of rotatable bonds is 9. The molecule has 1 aliphatic carbocycles. The topological polar surface area (TPSA) is 137 Å². The molecule has 1 saturated carbocycles. The van der Waals surface area contributed by atoms with E-state index in [0.29, 0.717) is 65.9 Å². The molecule has 4 aromatic carbocycles. The number of ether oxygens (including phenoxy) is 2. The zero-order valence-corrected chi connectivity index (χ0v) is 35.0. The van der Waals surface area contributed by atoms with E-state index in [0.717, 1.165) is 5.56 Å². The number of methoxy groups -OCH3 is 1. The summed E-state index contributed by atoms with van der Waals surface area (Å²) in [7, 11) is 1.30. The number of likely N-dealkylation sites (tertiary alicyclic amines) is 1. The predicted octanol–water partition coefficient (Wildman–Crippen LogP) is 7.91. The Balaban J connectivity index is 1.47. The molecule has 1 unspecified atom stereocenters. The van der Waals surface area contributed by atoms with Crippen molar-refractivity contribution < 1.29 is 34.1 Å². The number of nitrogens with one attached hydrogen (secondary N) is 2. The Bertz CT molecular complexity index is 2200. The maximum Gasteiger partial charge on any atom is 0.337 e. The van der Waals surface area contributed by atoms with Crippen LogP contribution in [0, 0.1) is 5.41 Å². The number of benzene rings is 4. The number of hydrogen-bond acceptors (Lipinski definition) is 8. The lowest BCUT2D eigenvalue weighted by Gasteiger charge is -2.56. The van der Waals surface area contributed by atoms with Gasteiger partial charge in [0.05, 0.1) is 56.2 Å². The van der Waals surface area contributed by atoms with Crippen LogP contribution in [-0.2, 0) is 24.5 Å². The molecule has 0 radical (unpaired) electrons. The summed E-state index contributed by atoms with van der Waals surface area (Å²) in [6.07, 6.45) is 2.06. The van der Waals surface area contributed by atoms with Crippen LogP contribution in [0.4, 0.5) is 5.69 Å². The second-order valence-corrected chi connectivity index (χ2v) is 18.2. The Labute approximate surface area is 355 Å². The van der Waals surface area contributed by atoms with Gasteiger partial charge in [-0.25, -0.2) is 4.79 Å². The molecule has 3 fully saturated rings. The van der Waals surface area contributed by atoms with Crippen molar-refractivity contribution in [2.24, 2.45) is 5.41 Å². The number of hydrogen-bond donors (Lipinski definition) is 4. The van der Waals surface area contributed by atoms with Crippen molar-refractivity contribution in [1.29, 1.82) is 0 Å². The van der Waals surface area contributed by atoms with Crippen LogP contribution in [0.15, 0.2) is 97.1 Å². The van der Waals surface area contributed by atoms with Gasteiger partial charge in [0.1, 0.15) is 5.41 Å². The van der Waals surface area contributed by atoms with E-state index >= 15 is 9.59 Å². The van der Waals surface area contributed by atoms with E-state index in [2.05, 4.69) is 29.4 Å². The van der Waals surface area contributed by atoms with Crippen LogP contribution < -0.4 is 10.6 Å². The largest absolute Gasteiger partial charge is 0.465 e. The maximum absolute atomic E-state index is 15.9. The second-order valence-electron chi connectivity index (χ2n) is 17.4. The summed E-state index contributed by atoms with van der Waals surface area (Å²) < 4.78 is 11.2. The van der Waals surface area contributed by atoms with Gasteiger partial charge in [-0.1, -0.05) is 104 Å². The first-order valence-electron chi connectivity index (χ1n) is 20.4. The number of amides is 2. The lowest BCUT2D eigenvalue weighted by Crippen LogP contribution is -2.64. The van der Waals surface area contributed by atoms with Gasteiger partial charge in [0.2, 0.25) is 11.8 Å². The van der Waals surface area contributed by atoms with Crippen molar-refractivity contribution in [2.75, 3.05) is 25.6 Å². The number of nitrogens with zero attached hydrogens (tertiary/aromatic N) is 1. The molecule has 0 aromatic heterocycles. The summed E-state index contributed by atoms with van der Waals surface area (Å²) in [5, 5.41) is 30.0. The standard InChI is InChI=1S/C47H51Cl2N3O7/c1-45(2)18-20-46(21-19-45)47(36-17-14-32(48)25-37(36)51-44(47)57)38(30-22-31(43(56)58-3)24-33(49)23-30)40(42(55)50-34-15-16-35(26-53)59-27-34)52(46)39(28-10-6-4-7-11-28)41(54)29-12-8-5-9-13-29/h4-14,17,22-25,34-35,38-41,53-54H,15-16,18-21,26-27H2,1-3H3,(H,50,55)(H,51,57)/t34-,35+,38+,39-,40?,41+,47-/m1/s1. The summed E-state index contributed by atoms with van der Waals surface area (Å²) in [6, 6.07) is 27.1. The average Bonchev–Trinajstić information content (AvgIpc) is 3.67. The van der Waals surface area contributed by atoms with Crippen molar-refractivity contribution >= 4 is 46.7 Å². The van der Waals surface area contributed by atoms with E-state index in [9.17, 15) is 15.0 Å². The second kappa shape index (κ2) is 16.3. The summed E-state index contributed by atoms with van der Waals surface area (Å²) in [4.78, 5) is 47.1. The smallest absolute Gasteiger partial charge is 0.337 e. The van der Waals surface area contributed by atoms with Gasteiger partial charge in [-0.05, 0) is 96.5 Å². The SMILES string of the molecule is COC(=O)c1cc(Cl)cc([C@H]2C(C(=O)N[C@@H]3CC[C@@H](CO)OC3)N([C@H](c3ccccc3)[C@@H](O)c3ccccc3)C3(CCC(C)(C)CC3)[C@@]23C(=O)Nc2cc(Cl)ccc23)c1. The zero-order valence-electron chi connectivity index (χ0n) is 33.5. The van der Waals surface area contributed by atoms with E-state index in [1.165, 1.54) is 13.2 Å². The number of anilines is 1. The number of esters is 1. The minimum absolute atomic E-state index is 0.0943. The highest BCUT2D eigenvalue weighted by Gasteiger charge is 2.77. The van der Waals surface area contributed by atoms with Crippen LogP contribution in [0.5, 0.6) is 0 Å². The van der Waals surface area contributed by atoms with Gasteiger partial charge >= 0.3 is 5.97 Å². The van der Waals surface area contributed by atoms with Crippen molar-refractivity contribution in [3.05, 3.63) is 135 Å². The molecule has 59 heavy (non-hydrogen) atoms. The fourth-order valence-corrected chi connectivity index (χ4v) is 11.1. The normalized spacial score (nSPS) is 26.9. The third-order valence-electron chi connectivity index (χ3n) is 13.5. The van der Waals surface area contributed by atoms with Gasteiger partial charge in [0.15, 0.2) is 0 Å². The Morgan fingerprint density at radius 1 is 0.915 bits per heavy atom. The highest BCUT2D eigenvalue weighted by atomic mass is 35.5. The van der Waals surface area contributed by atoms with Gasteiger partial charge in [-0.2, -0.15) is 0 Å².